The van der Waals surface area contributed by atoms with Gasteiger partial charge in [0, 0.05) is 15.9 Å². The number of sulfonamides is 1. The number of aryl methyl sites for hydroxylation is 1. The minimum atomic E-state index is -3.62. The van der Waals surface area contributed by atoms with Gasteiger partial charge in [-0.25, -0.2) is 8.42 Å². The van der Waals surface area contributed by atoms with E-state index in [0.717, 1.165) is 15.8 Å². The Bertz CT molecular complexity index is 818. The van der Waals surface area contributed by atoms with Gasteiger partial charge in [-0.15, -0.1) is 11.8 Å². The molecule has 2 aromatic carbocycles. The van der Waals surface area contributed by atoms with Crippen LogP contribution in [0, 0.1) is 5.92 Å². The number of rotatable bonds is 7. The number of hydrogen-bond acceptors (Lipinski definition) is 3. The molecule has 0 heterocycles. The lowest BCUT2D eigenvalue weighted by Crippen LogP contribution is -2.34. The second kappa shape index (κ2) is 8.60. The summed E-state index contributed by atoms with van der Waals surface area (Å²) in [4.78, 5) is 1.23. The van der Waals surface area contributed by atoms with E-state index in [-0.39, 0.29) is 5.92 Å². The molecule has 0 fully saturated rings. The summed E-state index contributed by atoms with van der Waals surface area (Å²) in [6.07, 6.45) is 2.87. The molecule has 0 aromatic heterocycles. The van der Waals surface area contributed by atoms with Gasteiger partial charge < -0.3 is 0 Å². The van der Waals surface area contributed by atoms with Crippen molar-refractivity contribution < 1.29 is 8.42 Å². The second-order valence-corrected chi connectivity index (χ2v) is 9.81. The molecule has 3 nitrogen and oxygen atoms in total. The lowest BCUT2D eigenvalue weighted by molar-refractivity contribution is 0.577. The quantitative estimate of drug-likeness (QED) is 0.525. The van der Waals surface area contributed by atoms with Gasteiger partial charge in [-0.2, -0.15) is 0 Å². The number of halogens is 1. The van der Waals surface area contributed by atoms with Crippen LogP contribution in [0.15, 0.2) is 56.7 Å². The molecule has 0 amide bonds. The van der Waals surface area contributed by atoms with Crippen molar-refractivity contribution in [3.63, 3.8) is 0 Å². The van der Waals surface area contributed by atoms with Gasteiger partial charge in [-0.1, -0.05) is 32.9 Å². The summed E-state index contributed by atoms with van der Waals surface area (Å²) >= 11 is 4.99. The highest BCUT2D eigenvalue weighted by Crippen LogP contribution is 2.31. The summed E-state index contributed by atoms with van der Waals surface area (Å²) in [5.74, 6) is 0.219. The van der Waals surface area contributed by atoms with Crippen molar-refractivity contribution in [2.75, 3.05) is 17.1 Å². The zero-order chi connectivity index (χ0) is 18.6. The van der Waals surface area contributed by atoms with Crippen LogP contribution in [0.1, 0.15) is 26.3 Å². The van der Waals surface area contributed by atoms with E-state index in [9.17, 15) is 8.42 Å². The predicted molar refractivity (Wildman–Crippen MR) is 111 cm³/mol. The van der Waals surface area contributed by atoms with Gasteiger partial charge >= 0.3 is 0 Å². The Morgan fingerprint density at radius 2 is 1.76 bits per heavy atom. The molecule has 0 aliphatic rings. The van der Waals surface area contributed by atoms with Gasteiger partial charge in [0.05, 0.1) is 10.6 Å². The highest BCUT2D eigenvalue weighted by molar-refractivity contribution is 9.10. The third-order valence-electron chi connectivity index (χ3n) is 3.87. The first kappa shape index (κ1) is 20.3. The normalized spacial score (nSPS) is 11.8. The number of thioether (sulfide) groups is 1. The molecule has 0 N–H and O–H groups in total. The summed E-state index contributed by atoms with van der Waals surface area (Å²) in [6, 6.07) is 13.0. The molecular weight excluding hydrogens is 418 g/mol. The minimum absolute atomic E-state index is 0.219. The summed E-state index contributed by atoms with van der Waals surface area (Å²) in [7, 11) is -3.62. The molecular formula is C19H24BrNO2S2. The van der Waals surface area contributed by atoms with E-state index in [4.69, 9.17) is 0 Å². The molecule has 0 unspecified atom stereocenters. The molecule has 0 saturated carbocycles. The first-order valence-corrected chi connectivity index (χ1v) is 11.7. The third-order valence-corrected chi connectivity index (χ3v) is 7.40. The average molecular weight is 442 g/mol. The Hall–Kier alpha value is -0.980. The number of anilines is 1. The maximum absolute atomic E-state index is 13.3. The van der Waals surface area contributed by atoms with Gasteiger partial charge in [-0.3, -0.25) is 4.31 Å². The Kier molecular flexibility index (Phi) is 7.00. The van der Waals surface area contributed by atoms with Crippen molar-refractivity contribution in [3.05, 3.63) is 52.5 Å². The van der Waals surface area contributed by atoms with Crippen LogP contribution in [-0.4, -0.2) is 21.2 Å². The molecule has 0 radical (unpaired) electrons. The smallest absolute Gasteiger partial charge is 0.264 e. The lowest BCUT2D eigenvalue weighted by atomic mass is 10.1. The van der Waals surface area contributed by atoms with E-state index < -0.39 is 10.0 Å². The van der Waals surface area contributed by atoms with E-state index in [2.05, 4.69) is 22.9 Å². The Morgan fingerprint density at radius 1 is 1.12 bits per heavy atom. The fourth-order valence-corrected chi connectivity index (χ4v) is 5.47. The largest absolute Gasteiger partial charge is 0.266 e. The van der Waals surface area contributed by atoms with Crippen molar-refractivity contribution in [2.45, 2.75) is 37.0 Å². The van der Waals surface area contributed by atoms with Crippen molar-refractivity contribution >= 4 is 43.4 Å². The minimum Gasteiger partial charge on any atom is -0.266 e. The molecule has 0 aliphatic carbocycles. The molecule has 6 heteroatoms. The molecule has 25 heavy (non-hydrogen) atoms. The monoisotopic (exact) mass is 441 g/mol. The number of hydrogen-bond donors (Lipinski definition) is 0. The van der Waals surface area contributed by atoms with Crippen molar-refractivity contribution in [3.8, 4) is 0 Å². The Morgan fingerprint density at radius 3 is 2.28 bits per heavy atom. The van der Waals surface area contributed by atoms with Crippen LogP contribution in [0.25, 0.3) is 0 Å². The summed E-state index contributed by atoms with van der Waals surface area (Å²) < 4.78 is 29.0. The van der Waals surface area contributed by atoms with Crippen LogP contribution >= 0.6 is 27.7 Å². The van der Waals surface area contributed by atoms with E-state index in [0.29, 0.717) is 17.1 Å². The average Bonchev–Trinajstić information content (AvgIpc) is 2.59. The SMILES string of the molecule is CCc1ccc(N(CC(C)C)S(=O)(=O)c2ccc(Br)c(SC)c2)cc1. The predicted octanol–water partition coefficient (Wildman–Crippen LogP) is 5.58. The number of benzene rings is 2. The zero-order valence-corrected chi connectivity index (χ0v) is 18.2. The number of nitrogens with zero attached hydrogens (tertiary/aromatic N) is 1. The fourth-order valence-electron chi connectivity index (χ4n) is 2.50. The molecule has 0 saturated heterocycles. The third kappa shape index (κ3) is 4.80. The summed E-state index contributed by atoms with van der Waals surface area (Å²) in [5.41, 5.74) is 1.90. The summed E-state index contributed by atoms with van der Waals surface area (Å²) in [5, 5.41) is 0. The van der Waals surface area contributed by atoms with Gasteiger partial charge in [0.25, 0.3) is 10.0 Å². The van der Waals surface area contributed by atoms with Crippen LogP contribution in [0.2, 0.25) is 0 Å². The van der Waals surface area contributed by atoms with E-state index in [1.165, 1.54) is 21.6 Å². The van der Waals surface area contributed by atoms with Crippen LogP contribution < -0.4 is 4.31 Å². The van der Waals surface area contributed by atoms with Crippen molar-refractivity contribution in [2.24, 2.45) is 5.92 Å². The standard InChI is InChI=1S/C19H24BrNO2S2/c1-5-15-6-8-16(9-7-15)21(13-14(2)3)25(22,23)17-10-11-18(20)19(12-17)24-4/h6-12,14H,5,13H2,1-4H3. The second-order valence-electron chi connectivity index (χ2n) is 6.25. The topological polar surface area (TPSA) is 37.4 Å². The van der Waals surface area contributed by atoms with E-state index in [1.807, 2.05) is 44.4 Å². The molecule has 0 spiro atoms. The maximum atomic E-state index is 13.3. The van der Waals surface area contributed by atoms with E-state index >= 15 is 0 Å². The molecule has 0 bridgehead atoms. The van der Waals surface area contributed by atoms with Gasteiger partial charge in [0.2, 0.25) is 0 Å². The van der Waals surface area contributed by atoms with Crippen LogP contribution in [0.3, 0.4) is 0 Å². The highest BCUT2D eigenvalue weighted by Gasteiger charge is 2.26. The molecule has 0 atom stereocenters. The van der Waals surface area contributed by atoms with Crippen LogP contribution in [-0.2, 0) is 16.4 Å². The van der Waals surface area contributed by atoms with Crippen molar-refractivity contribution in [1.82, 2.24) is 0 Å². The summed E-state index contributed by atoms with van der Waals surface area (Å²) in [6.45, 7) is 6.58. The van der Waals surface area contributed by atoms with Gasteiger partial charge in [-0.05, 0) is 70.4 Å². The Labute approximate surface area is 164 Å². The molecule has 136 valence electrons. The molecule has 2 aromatic rings. The lowest BCUT2D eigenvalue weighted by Gasteiger charge is -2.26. The zero-order valence-electron chi connectivity index (χ0n) is 15.0. The van der Waals surface area contributed by atoms with Gasteiger partial charge in [0.1, 0.15) is 0 Å². The molecule has 2 rings (SSSR count). The van der Waals surface area contributed by atoms with Crippen LogP contribution in [0.5, 0.6) is 0 Å². The Balaban J connectivity index is 2.51. The maximum Gasteiger partial charge on any atom is 0.264 e. The fraction of sp³-hybridized carbons (Fsp3) is 0.368. The van der Waals surface area contributed by atoms with Gasteiger partial charge in [0.15, 0.2) is 0 Å². The molecule has 0 aliphatic heterocycles. The van der Waals surface area contributed by atoms with Crippen LogP contribution in [0.4, 0.5) is 5.69 Å². The highest BCUT2D eigenvalue weighted by atomic mass is 79.9. The van der Waals surface area contributed by atoms with Crippen molar-refractivity contribution in [1.29, 1.82) is 0 Å². The first-order chi connectivity index (χ1) is 11.8. The first-order valence-electron chi connectivity index (χ1n) is 8.24. The van der Waals surface area contributed by atoms with E-state index in [1.54, 1.807) is 18.2 Å².